The predicted molar refractivity (Wildman–Crippen MR) is 81.0 cm³/mol. The van der Waals surface area contributed by atoms with Crippen molar-refractivity contribution in [1.82, 2.24) is 0 Å². The molecule has 0 saturated heterocycles. The Labute approximate surface area is 121 Å². The van der Waals surface area contributed by atoms with E-state index in [1.54, 1.807) is 0 Å². The number of halogens is 2. The molecule has 2 aromatic rings. The summed E-state index contributed by atoms with van der Waals surface area (Å²) >= 11 is 9.44. The topological polar surface area (TPSA) is 26.0 Å². The molecule has 0 amide bonds. The molecule has 3 heteroatoms. The van der Waals surface area contributed by atoms with E-state index >= 15 is 0 Å². The standard InChI is InChI=1S/C15H15BrClN/c1-10-3-2-4-11(7-10)8-15(18)13-6-5-12(17)9-14(13)16/h2-7,9,15H,8,18H2,1H3. The maximum atomic E-state index is 6.25. The fraction of sp³-hybridized carbons (Fsp3) is 0.200. The maximum Gasteiger partial charge on any atom is 0.0417 e. The summed E-state index contributed by atoms with van der Waals surface area (Å²) in [6.07, 6.45) is 0.821. The average Bonchev–Trinajstić information content (AvgIpc) is 2.28. The summed E-state index contributed by atoms with van der Waals surface area (Å²) in [7, 11) is 0. The van der Waals surface area contributed by atoms with E-state index in [4.69, 9.17) is 17.3 Å². The van der Waals surface area contributed by atoms with E-state index in [0.29, 0.717) is 5.02 Å². The van der Waals surface area contributed by atoms with Gasteiger partial charge in [-0.2, -0.15) is 0 Å². The molecule has 2 rings (SSSR count). The van der Waals surface area contributed by atoms with Crippen molar-refractivity contribution in [3.63, 3.8) is 0 Å². The van der Waals surface area contributed by atoms with Crippen molar-refractivity contribution in [2.45, 2.75) is 19.4 Å². The Morgan fingerprint density at radius 2 is 2.00 bits per heavy atom. The van der Waals surface area contributed by atoms with Gasteiger partial charge in [-0.1, -0.05) is 63.4 Å². The van der Waals surface area contributed by atoms with Crippen molar-refractivity contribution in [3.05, 3.63) is 68.7 Å². The highest BCUT2D eigenvalue weighted by atomic mass is 79.9. The second-order valence-corrected chi connectivity index (χ2v) is 5.76. The molecule has 1 atom stereocenters. The van der Waals surface area contributed by atoms with Crippen LogP contribution >= 0.6 is 27.5 Å². The van der Waals surface area contributed by atoms with Crippen LogP contribution in [-0.2, 0) is 6.42 Å². The number of nitrogens with two attached hydrogens (primary N) is 1. The van der Waals surface area contributed by atoms with Gasteiger partial charge in [0.25, 0.3) is 0 Å². The number of hydrogen-bond acceptors (Lipinski definition) is 1. The molecule has 0 aliphatic heterocycles. The molecule has 1 unspecified atom stereocenters. The van der Waals surface area contributed by atoms with Gasteiger partial charge in [-0.25, -0.2) is 0 Å². The molecule has 2 N–H and O–H groups in total. The predicted octanol–water partition coefficient (Wildman–Crippen LogP) is 4.65. The highest BCUT2D eigenvalue weighted by Gasteiger charge is 2.11. The van der Waals surface area contributed by atoms with E-state index < -0.39 is 0 Å². The van der Waals surface area contributed by atoms with E-state index in [2.05, 4.69) is 47.1 Å². The van der Waals surface area contributed by atoms with Gasteiger partial charge in [0, 0.05) is 15.5 Å². The molecule has 1 nitrogen and oxygen atoms in total. The van der Waals surface area contributed by atoms with Crippen LogP contribution in [0.15, 0.2) is 46.9 Å². The van der Waals surface area contributed by atoms with Crippen LogP contribution in [0.3, 0.4) is 0 Å². The molecule has 0 radical (unpaired) electrons. The largest absolute Gasteiger partial charge is 0.324 e. The lowest BCUT2D eigenvalue weighted by atomic mass is 9.99. The number of benzene rings is 2. The summed E-state index contributed by atoms with van der Waals surface area (Å²) < 4.78 is 0.968. The molecule has 0 bridgehead atoms. The van der Waals surface area contributed by atoms with Crippen LogP contribution in [0.2, 0.25) is 5.02 Å². The molecule has 0 heterocycles. The Morgan fingerprint density at radius 3 is 2.67 bits per heavy atom. The SMILES string of the molecule is Cc1cccc(CC(N)c2ccc(Cl)cc2Br)c1. The summed E-state index contributed by atoms with van der Waals surface area (Å²) in [5.74, 6) is 0. The van der Waals surface area contributed by atoms with Crippen LogP contribution < -0.4 is 5.73 Å². The van der Waals surface area contributed by atoms with Crippen molar-refractivity contribution in [3.8, 4) is 0 Å². The Morgan fingerprint density at radius 1 is 1.22 bits per heavy atom. The number of aryl methyl sites for hydroxylation is 1. The molecule has 0 aliphatic carbocycles. The molecule has 0 spiro atoms. The minimum atomic E-state index is -0.0292. The summed E-state index contributed by atoms with van der Waals surface area (Å²) in [6, 6.07) is 14.1. The van der Waals surface area contributed by atoms with Gasteiger partial charge >= 0.3 is 0 Å². The normalized spacial score (nSPS) is 12.4. The molecule has 2 aromatic carbocycles. The molecule has 0 fully saturated rings. The van der Waals surface area contributed by atoms with Gasteiger partial charge in [-0.3, -0.25) is 0 Å². The molecular weight excluding hydrogens is 310 g/mol. The summed E-state index contributed by atoms with van der Waals surface area (Å²) in [5.41, 5.74) is 9.85. The van der Waals surface area contributed by atoms with Crippen LogP contribution in [0.25, 0.3) is 0 Å². The van der Waals surface area contributed by atoms with Gasteiger partial charge in [0.15, 0.2) is 0 Å². The van der Waals surface area contributed by atoms with Crippen molar-refractivity contribution < 1.29 is 0 Å². The Balaban J connectivity index is 2.19. The first-order valence-corrected chi connectivity index (χ1v) is 6.99. The third-order valence-electron chi connectivity index (χ3n) is 2.90. The Hall–Kier alpha value is -0.830. The van der Waals surface area contributed by atoms with Crippen molar-refractivity contribution in [2.75, 3.05) is 0 Å². The average molecular weight is 325 g/mol. The van der Waals surface area contributed by atoms with E-state index in [-0.39, 0.29) is 6.04 Å². The van der Waals surface area contributed by atoms with E-state index in [1.165, 1.54) is 11.1 Å². The summed E-state index contributed by atoms with van der Waals surface area (Å²) in [6.45, 7) is 2.09. The molecule has 0 aliphatic rings. The maximum absolute atomic E-state index is 6.25. The highest BCUT2D eigenvalue weighted by molar-refractivity contribution is 9.10. The number of hydrogen-bond donors (Lipinski definition) is 1. The second kappa shape index (κ2) is 5.87. The van der Waals surface area contributed by atoms with E-state index in [1.807, 2.05) is 18.2 Å². The van der Waals surface area contributed by atoms with Gasteiger partial charge in [-0.15, -0.1) is 0 Å². The third-order valence-corrected chi connectivity index (χ3v) is 3.82. The van der Waals surface area contributed by atoms with Gasteiger partial charge in [0.2, 0.25) is 0 Å². The van der Waals surface area contributed by atoms with Crippen LogP contribution in [-0.4, -0.2) is 0 Å². The highest BCUT2D eigenvalue weighted by Crippen LogP contribution is 2.27. The quantitative estimate of drug-likeness (QED) is 0.873. The Kier molecular flexibility index (Phi) is 4.44. The fourth-order valence-corrected chi connectivity index (χ4v) is 2.98. The minimum Gasteiger partial charge on any atom is -0.324 e. The van der Waals surface area contributed by atoms with E-state index in [0.717, 1.165) is 16.5 Å². The minimum absolute atomic E-state index is 0.0292. The molecule has 0 saturated carbocycles. The monoisotopic (exact) mass is 323 g/mol. The lowest BCUT2D eigenvalue weighted by Gasteiger charge is -2.14. The van der Waals surface area contributed by atoms with Crippen LogP contribution in [0, 0.1) is 6.92 Å². The van der Waals surface area contributed by atoms with Crippen molar-refractivity contribution >= 4 is 27.5 Å². The first-order valence-electron chi connectivity index (χ1n) is 5.82. The zero-order valence-corrected chi connectivity index (χ0v) is 12.5. The first-order chi connectivity index (χ1) is 8.56. The fourth-order valence-electron chi connectivity index (χ4n) is 2.01. The smallest absolute Gasteiger partial charge is 0.0417 e. The summed E-state index contributed by atoms with van der Waals surface area (Å²) in [5, 5.41) is 0.716. The molecular formula is C15H15BrClN. The van der Waals surface area contributed by atoms with Gasteiger partial charge in [-0.05, 0) is 36.6 Å². The van der Waals surface area contributed by atoms with Crippen LogP contribution in [0.4, 0.5) is 0 Å². The Bertz CT molecular complexity index is 554. The lowest BCUT2D eigenvalue weighted by molar-refractivity contribution is 0.718. The molecule has 0 aromatic heterocycles. The van der Waals surface area contributed by atoms with Gasteiger partial charge in [0.05, 0.1) is 0 Å². The summed E-state index contributed by atoms with van der Waals surface area (Å²) in [4.78, 5) is 0. The zero-order chi connectivity index (χ0) is 13.1. The van der Waals surface area contributed by atoms with E-state index in [9.17, 15) is 0 Å². The van der Waals surface area contributed by atoms with Crippen LogP contribution in [0.5, 0.6) is 0 Å². The number of rotatable bonds is 3. The second-order valence-electron chi connectivity index (χ2n) is 4.47. The molecule has 94 valence electrons. The third kappa shape index (κ3) is 3.35. The van der Waals surface area contributed by atoms with Gasteiger partial charge < -0.3 is 5.73 Å². The van der Waals surface area contributed by atoms with Crippen LogP contribution in [0.1, 0.15) is 22.7 Å². The van der Waals surface area contributed by atoms with Crippen molar-refractivity contribution in [2.24, 2.45) is 5.73 Å². The lowest BCUT2D eigenvalue weighted by Crippen LogP contribution is -2.14. The molecule has 18 heavy (non-hydrogen) atoms. The van der Waals surface area contributed by atoms with Gasteiger partial charge in [0.1, 0.15) is 0 Å². The zero-order valence-electron chi connectivity index (χ0n) is 10.2. The van der Waals surface area contributed by atoms with Crippen molar-refractivity contribution in [1.29, 1.82) is 0 Å². The first kappa shape index (κ1) is 13.6.